The first kappa shape index (κ1) is 12.3. The molecule has 0 aliphatic carbocycles. The lowest BCUT2D eigenvalue weighted by Crippen LogP contribution is -2.19. The minimum atomic E-state index is 0.376. The van der Waals surface area contributed by atoms with Gasteiger partial charge in [0.1, 0.15) is 0 Å². The lowest BCUT2D eigenvalue weighted by molar-refractivity contribution is 0.584. The predicted octanol–water partition coefficient (Wildman–Crippen LogP) is 3.51. The Morgan fingerprint density at radius 1 is 1.47 bits per heavy atom. The van der Waals surface area contributed by atoms with Crippen LogP contribution in [0.15, 0.2) is 28.7 Å². The second kappa shape index (κ2) is 6.66. The van der Waals surface area contributed by atoms with Crippen LogP contribution >= 0.6 is 15.9 Å². The second-order valence-electron chi connectivity index (χ2n) is 3.41. The summed E-state index contributed by atoms with van der Waals surface area (Å²) in [5, 5.41) is 3.44. The van der Waals surface area contributed by atoms with Gasteiger partial charge in [-0.25, -0.2) is 0 Å². The van der Waals surface area contributed by atoms with E-state index >= 15 is 0 Å². The maximum atomic E-state index is 3.47. The summed E-state index contributed by atoms with van der Waals surface area (Å²) in [6.45, 7) is 4.98. The number of hydrogen-bond donors (Lipinski definition) is 1. The van der Waals surface area contributed by atoms with Crippen LogP contribution in [0.2, 0.25) is 0 Å². The van der Waals surface area contributed by atoms with Gasteiger partial charge in [-0.15, -0.1) is 11.8 Å². The minimum absolute atomic E-state index is 0.376. The van der Waals surface area contributed by atoms with Crippen LogP contribution in [0, 0.1) is 11.8 Å². The lowest BCUT2D eigenvalue weighted by Gasteiger charge is -2.13. The smallest absolute Gasteiger partial charge is 0.0292 e. The van der Waals surface area contributed by atoms with Crippen molar-refractivity contribution in [3.63, 3.8) is 0 Å². The Bertz CT molecular complexity index is 362. The van der Waals surface area contributed by atoms with Crippen molar-refractivity contribution >= 4 is 15.9 Å². The molecule has 1 aromatic rings. The topological polar surface area (TPSA) is 12.0 Å². The van der Waals surface area contributed by atoms with Crippen LogP contribution in [0.25, 0.3) is 0 Å². The SMILES string of the molecule is CC#CCCN[C@@H](C)c1cccc(Br)c1. The van der Waals surface area contributed by atoms with Crippen molar-refractivity contribution in [2.45, 2.75) is 26.3 Å². The Kier molecular flexibility index (Phi) is 5.45. The highest BCUT2D eigenvalue weighted by Crippen LogP contribution is 2.17. The van der Waals surface area contributed by atoms with Crippen LogP contribution in [0.5, 0.6) is 0 Å². The first-order valence-corrected chi connectivity index (χ1v) is 5.92. The molecule has 2 heteroatoms. The molecular weight excluding hydrogens is 250 g/mol. The zero-order valence-corrected chi connectivity index (χ0v) is 10.8. The summed E-state index contributed by atoms with van der Waals surface area (Å²) < 4.78 is 1.13. The van der Waals surface area contributed by atoms with Crippen LogP contribution in [-0.2, 0) is 0 Å². The maximum Gasteiger partial charge on any atom is 0.0292 e. The molecule has 0 spiro atoms. The Labute approximate surface area is 100 Å². The molecule has 0 bridgehead atoms. The highest BCUT2D eigenvalue weighted by Gasteiger charge is 2.03. The van der Waals surface area contributed by atoms with Crippen molar-refractivity contribution in [3.05, 3.63) is 34.3 Å². The van der Waals surface area contributed by atoms with Gasteiger partial charge in [0.2, 0.25) is 0 Å². The number of nitrogens with one attached hydrogen (secondary N) is 1. The van der Waals surface area contributed by atoms with Gasteiger partial charge in [-0.05, 0) is 31.5 Å². The third-order valence-electron chi connectivity index (χ3n) is 2.23. The second-order valence-corrected chi connectivity index (χ2v) is 4.32. The highest BCUT2D eigenvalue weighted by molar-refractivity contribution is 9.10. The van der Waals surface area contributed by atoms with Crippen molar-refractivity contribution < 1.29 is 0 Å². The number of hydrogen-bond acceptors (Lipinski definition) is 1. The Morgan fingerprint density at radius 2 is 2.27 bits per heavy atom. The van der Waals surface area contributed by atoms with Crippen molar-refractivity contribution in [2.75, 3.05) is 6.54 Å². The molecule has 0 aromatic heterocycles. The largest absolute Gasteiger partial charge is 0.309 e. The molecule has 1 N–H and O–H groups in total. The molecule has 0 amide bonds. The van der Waals surface area contributed by atoms with Gasteiger partial charge in [-0.1, -0.05) is 28.1 Å². The summed E-state index contributed by atoms with van der Waals surface area (Å²) in [4.78, 5) is 0. The summed E-state index contributed by atoms with van der Waals surface area (Å²) in [5.41, 5.74) is 1.30. The van der Waals surface area contributed by atoms with Gasteiger partial charge in [-0.3, -0.25) is 0 Å². The van der Waals surface area contributed by atoms with Gasteiger partial charge >= 0.3 is 0 Å². The van der Waals surface area contributed by atoms with E-state index in [0.717, 1.165) is 17.4 Å². The van der Waals surface area contributed by atoms with E-state index in [1.807, 2.05) is 13.0 Å². The zero-order chi connectivity index (χ0) is 11.1. The standard InChI is InChI=1S/C13H16BrN/c1-3-4-5-9-15-11(2)12-7-6-8-13(14)10-12/h6-8,10-11,15H,5,9H2,1-2H3/t11-/m0/s1. The summed E-state index contributed by atoms with van der Waals surface area (Å²) in [6.07, 6.45) is 0.912. The van der Waals surface area contributed by atoms with E-state index in [9.17, 15) is 0 Å². The van der Waals surface area contributed by atoms with Gasteiger partial charge in [0.05, 0.1) is 0 Å². The van der Waals surface area contributed by atoms with Crippen molar-refractivity contribution in [2.24, 2.45) is 0 Å². The average molecular weight is 266 g/mol. The Hall–Kier alpha value is -0.780. The van der Waals surface area contributed by atoms with Gasteiger partial charge in [0.15, 0.2) is 0 Å². The van der Waals surface area contributed by atoms with E-state index in [4.69, 9.17) is 0 Å². The zero-order valence-electron chi connectivity index (χ0n) is 9.18. The van der Waals surface area contributed by atoms with Crippen LogP contribution in [0.4, 0.5) is 0 Å². The summed E-state index contributed by atoms with van der Waals surface area (Å²) in [5.74, 6) is 5.94. The fourth-order valence-corrected chi connectivity index (χ4v) is 1.79. The number of benzene rings is 1. The van der Waals surface area contributed by atoms with E-state index in [2.05, 4.69) is 58.2 Å². The predicted molar refractivity (Wildman–Crippen MR) is 68.6 cm³/mol. The molecule has 0 radical (unpaired) electrons. The van der Waals surface area contributed by atoms with E-state index < -0.39 is 0 Å². The molecule has 1 aromatic carbocycles. The molecule has 80 valence electrons. The molecule has 0 saturated heterocycles. The molecule has 1 nitrogen and oxygen atoms in total. The van der Waals surface area contributed by atoms with Crippen LogP contribution in [0.3, 0.4) is 0 Å². The Balaban J connectivity index is 2.45. The minimum Gasteiger partial charge on any atom is -0.309 e. The normalized spacial score (nSPS) is 11.7. The van der Waals surface area contributed by atoms with Gasteiger partial charge in [0, 0.05) is 23.5 Å². The first-order valence-electron chi connectivity index (χ1n) is 5.12. The first-order chi connectivity index (χ1) is 7.24. The van der Waals surface area contributed by atoms with Crippen molar-refractivity contribution in [3.8, 4) is 11.8 Å². The molecule has 15 heavy (non-hydrogen) atoms. The average Bonchev–Trinajstić information content (AvgIpc) is 2.24. The van der Waals surface area contributed by atoms with Crippen LogP contribution < -0.4 is 5.32 Å². The van der Waals surface area contributed by atoms with Gasteiger partial charge in [0.25, 0.3) is 0 Å². The molecular formula is C13H16BrN. The third-order valence-corrected chi connectivity index (χ3v) is 2.72. The van der Waals surface area contributed by atoms with Crippen molar-refractivity contribution in [1.29, 1.82) is 0 Å². The van der Waals surface area contributed by atoms with E-state index in [1.54, 1.807) is 0 Å². The summed E-state index contributed by atoms with van der Waals surface area (Å²) in [7, 11) is 0. The molecule has 0 unspecified atom stereocenters. The van der Waals surface area contributed by atoms with Crippen molar-refractivity contribution in [1.82, 2.24) is 5.32 Å². The quantitative estimate of drug-likeness (QED) is 0.649. The molecule has 0 heterocycles. The molecule has 0 aliphatic rings. The Morgan fingerprint density at radius 3 is 2.93 bits per heavy atom. The number of rotatable bonds is 4. The van der Waals surface area contributed by atoms with E-state index in [1.165, 1.54) is 5.56 Å². The van der Waals surface area contributed by atoms with Gasteiger partial charge in [-0.2, -0.15) is 0 Å². The fourth-order valence-electron chi connectivity index (χ4n) is 1.37. The lowest BCUT2D eigenvalue weighted by atomic mass is 10.1. The fraction of sp³-hybridized carbons (Fsp3) is 0.385. The van der Waals surface area contributed by atoms with Crippen LogP contribution in [-0.4, -0.2) is 6.54 Å². The van der Waals surface area contributed by atoms with E-state index in [0.29, 0.717) is 6.04 Å². The molecule has 0 saturated carbocycles. The molecule has 0 aliphatic heterocycles. The maximum absolute atomic E-state index is 3.47. The summed E-state index contributed by atoms with van der Waals surface area (Å²) >= 11 is 3.47. The third kappa shape index (κ3) is 4.51. The van der Waals surface area contributed by atoms with Crippen LogP contribution in [0.1, 0.15) is 31.9 Å². The summed E-state index contributed by atoms with van der Waals surface area (Å²) in [6, 6.07) is 8.75. The monoisotopic (exact) mass is 265 g/mol. The molecule has 1 rings (SSSR count). The number of halogens is 1. The molecule has 0 fully saturated rings. The highest BCUT2D eigenvalue weighted by atomic mass is 79.9. The van der Waals surface area contributed by atoms with E-state index in [-0.39, 0.29) is 0 Å². The molecule has 1 atom stereocenters. The van der Waals surface area contributed by atoms with Gasteiger partial charge < -0.3 is 5.32 Å².